The highest BCUT2D eigenvalue weighted by atomic mass is 16.5. The van der Waals surface area contributed by atoms with Gasteiger partial charge in [0.2, 0.25) is 5.43 Å². The van der Waals surface area contributed by atoms with Gasteiger partial charge < -0.3 is 18.9 Å². The first kappa shape index (κ1) is 19.0. The maximum atomic E-state index is 13.4. The van der Waals surface area contributed by atoms with E-state index in [4.69, 9.17) is 9.47 Å². The van der Waals surface area contributed by atoms with Crippen LogP contribution in [0.2, 0.25) is 0 Å². The van der Waals surface area contributed by atoms with Gasteiger partial charge in [0.15, 0.2) is 11.4 Å². The average Bonchev–Trinajstić information content (AvgIpc) is 3.21. The van der Waals surface area contributed by atoms with Crippen LogP contribution in [-0.4, -0.2) is 46.6 Å². The van der Waals surface area contributed by atoms with Crippen LogP contribution >= 0.6 is 0 Å². The van der Waals surface area contributed by atoms with Crippen molar-refractivity contribution in [2.75, 3.05) is 13.2 Å². The second-order valence-corrected chi connectivity index (χ2v) is 8.18. The van der Waals surface area contributed by atoms with Gasteiger partial charge in [-0.25, -0.2) is 4.79 Å². The molecule has 1 saturated carbocycles. The Labute approximate surface area is 164 Å². The first-order chi connectivity index (χ1) is 13.5. The van der Waals surface area contributed by atoms with Crippen LogP contribution in [0.25, 0.3) is 0 Å². The third kappa shape index (κ3) is 2.83. The monoisotopic (exact) mass is 388 g/mol. The van der Waals surface area contributed by atoms with Crippen molar-refractivity contribution in [3.63, 3.8) is 0 Å². The van der Waals surface area contributed by atoms with E-state index in [0.717, 1.165) is 25.7 Å². The van der Waals surface area contributed by atoms with Crippen molar-refractivity contribution in [2.45, 2.75) is 65.1 Å². The molecule has 1 aromatic rings. The number of ether oxygens (including phenoxy) is 2. The molecule has 1 aromatic heterocycles. The summed E-state index contributed by atoms with van der Waals surface area (Å²) in [5.74, 6) is 0.144. The lowest BCUT2D eigenvalue weighted by Gasteiger charge is -2.43. The molecule has 0 radical (unpaired) electrons. The molecule has 4 rings (SSSR count). The van der Waals surface area contributed by atoms with Crippen LogP contribution in [0.1, 0.15) is 67.3 Å². The van der Waals surface area contributed by atoms with Crippen molar-refractivity contribution in [3.8, 4) is 5.75 Å². The van der Waals surface area contributed by atoms with Gasteiger partial charge in [-0.2, -0.15) is 0 Å². The molecule has 2 fully saturated rings. The summed E-state index contributed by atoms with van der Waals surface area (Å²) in [7, 11) is 0. The van der Waals surface area contributed by atoms with Gasteiger partial charge in [0.05, 0.1) is 19.3 Å². The maximum absolute atomic E-state index is 13.4. The molecule has 3 heterocycles. The van der Waals surface area contributed by atoms with E-state index in [1.165, 1.54) is 6.20 Å². The predicted molar refractivity (Wildman–Crippen MR) is 103 cm³/mol. The molecule has 152 valence electrons. The van der Waals surface area contributed by atoms with Crippen LogP contribution in [0.3, 0.4) is 0 Å². The highest BCUT2D eigenvalue weighted by Gasteiger charge is 2.54. The number of hydrogen-bond donors (Lipinski definition) is 0. The molecular weight excluding hydrogens is 360 g/mol. The van der Waals surface area contributed by atoms with Gasteiger partial charge in [0, 0.05) is 18.8 Å². The lowest BCUT2D eigenvalue weighted by atomic mass is 9.91. The Kier molecular flexibility index (Phi) is 4.93. The Balaban J connectivity index is 1.80. The number of carbonyl (C=O) groups is 2. The van der Waals surface area contributed by atoms with E-state index >= 15 is 0 Å². The molecule has 1 saturated heterocycles. The molecule has 28 heavy (non-hydrogen) atoms. The lowest BCUT2D eigenvalue weighted by molar-refractivity contribution is 0.0389. The molecule has 7 heteroatoms. The third-order valence-corrected chi connectivity index (χ3v) is 6.43. The minimum Gasteiger partial charge on any atom is -0.487 e. The molecule has 3 aliphatic rings. The maximum Gasteiger partial charge on any atom is 0.343 e. The van der Waals surface area contributed by atoms with Crippen molar-refractivity contribution >= 4 is 11.9 Å². The number of aromatic nitrogens is 1. The van der Waals surface area contributed by atoms with E-state index in [9.17, 15) is 14.4 Å². The predicted octanol–water partition coefficient (Wildman–Crippen LogP) is 2.46. The molecular formula is C21H28N2O5. The number of hydrogen-bond acceptors (Lipinski definition) is 5. The number of rotatable bonds is 6. The van der Waals surface area contributed by atoms with E-state index in [1.54, 1.807) is 11.5 Å². The average molecular weight is 388 g/mol. The molecule has 7 nitrogen and oxygen atoms in total. The molecule has 2 bridgehead atoms. The van der Waals surface area contributed by atoms with E-state index in [1.807, 2.05) is 11.8 Å². The molecule has 4 atom stereocenters. The van der Waals surface area contributed by atoms with Crippen LogP contribution in [0.15, 0.2) is 11.0 Å². The molecule has 0 unspecified atom stereocenters. The summed E-state index contributed by atoms with van der Waals surface area (Å²) in [5.41, 5.74) is -0.329. The standard InChI is InChI=1S/C21H28N2O5/c1-4-6-7-28-19-17-20(25)23-15-9-13(8-12(15)3)16(23)11-22(17)10-14(18(19)24)21(26)27-5-2/h10,12-13,15-16H,4-9,11H2,1-3H3/t12-,13+,15+,16+/m0/s1. The SMILES string of the molecule is CCCCOc1c2n(cc(C(=O)OCC)c1=O)C[C@@H]1[C@H]3C[C@H]([C@@H](C)C3)N1C2=O. The summed E-state index contributed by atoms with van der Waals surface area (Å²) in [6.45, 7) is 7.03. The minimum absolute atomic E-state index is 0.00196. The van der Waals surface area contributed by atoms with Gasteiger partial charge in [0.1, 0.15) is 5.56 Å². The molecule has 1 amide bonds. The number of carbonyl (C=O) groups excluding carboxylic acids is 2. The number of fused-ring (bicyclic) bond motifs is 6. The van der Waals surface area contributed by atoms with Crippen molar-refractivity contribution in [1.29, 1.82) is 0 Å². The minimum atomic E-state index is -0.667. The quantitative estimate of drug-likeness (QED) is 0.553. The number of esters is 1. The first-order valence-corrected chi connectivity index (χ1v) is 10.4. The van der Waals surface area contributed by atoms with Crippen LogP contribution in [0.5, 0.6) is 5.75 Å². The highest BCUT2D eigenvalue weighted by Crippen LogP contribution is 2.48. The summed E-state index contributed by atoms with van der Waals surface area (Å²) in [6.07, 6.45) is 5.31. The van der Waals surface area contributed by atoms with Gasteiger partial charge in [-0.15, -0.1) is 0 Å². The van der Waals surface area contributed by atoms with Crippen molar-refractivity contribution in [1.82, 2.24) is 9.47 Å². The van der Waals surface area contributed by atoms with Crippen molar-refractivity contribution in [3.05, 3.63) is 27.7 Å². The number of pyridine rings is 1. The Hall–Kier alpha value is -2.31. The van der Waals surface area contributed by atoms with Crippen LogP contribution in [0.4, 0.5) is 0 Å². The Morgan fingerprint density at radius 1 is 1.21 bits per heavy atom. The molecule has 0 aromatic carbocycles. The van der Waals surface area contributed by atoms with Gasteiger partial charge in [0.25, 0.3) is 5.91 Å². The van der Waals surface area contributed by atoms with E-state index in [2.05, 4.69) is 6.92 Å². The van der Waals surface area contributed by atoms with E-state index in [0.29, 0.717) is 25.0 Å². The largest absolute Gasteiger partial charge is 0.487 e. The van der Waals surface area contributed by atoms with E-state index in [-0.39, 0.29) is 41.6 Å². The fourth-order valence-electron chi connectivity index (χ4n) is 5.12. The summed E-state index contributed by atoms with van der Waals surface area (Å²) in [6, 6.07) is 0.363. The zero-order valence-electron chi connectivity index (χ0n) is 16.8. The number of amides is 1. The van der Waals surface area contributed by atoms with Crippen molar-refractivity contribution < 1.29 is 19.1 Å². The van der Waals surface area contributed by atoms with Crippen molar-refractivity contribution in [2.24, 2.45) is 11.8 Å². The topological polar surface area (TPSA) is 77.8 Å². The van der Waals surface area contributed by atoms with Gasteiger partial charge in [-0.3, -0.25) is 9.59 Å². The fourth-order valence-corrected chi connectivity index (χ4v) is 5.12. The number of unbranched alkanes of at least 4 members (excludes halogenated alkanes) is 1. The Morgan fingerprint density at radius 3 is 2.71 bits per heavy atom. The zero-order valence-corrected chi connectivity index (χ0v) is 16.8. The summed E-state index contributed by atoms with van der Waals surface area (Å²) in [4.78, 5) is 40.7. The molecule has 0 N–H and O–H groups in total. The van der Waals surface area contributed by atoms with Gasteiger partial charge in [-0.05, 0) is 38.0 Å². The van der Waals surface area contributed by atoms with E-state index < -0.39 is 11.4 Å². The lowest BCUT2D eigenvalue weighted by Crippen LogP contribution is -2.54. The van der Waals surface area contributed by atoms with Crippen LogP contribution < -0.4 is 10.2 Å². The van der Waals surface area contributed by atoms with Gasteiger partial charge >= 0.3 is 5.97 Å². The Bertz CT molecular complexity index is 861. The second kappa shape index (κ2) is 7.26. The second-order valence-electron chi connectivity index (χ2n) is 8.18. The third-order valence-electron chi connectivity index (χ3n) is 6.43. The molecule has 0 spiro atoms. The highest BCUT2D eigenvalue weighted by molar-refractivity contribution is 5.98. The summed E-state index contributed by atoms with van der Waals surface area (Å²) < 4.78 is 12.6. The summed E-state index contributed by atoms with van der Waals surface area (Å²) >= 11 is 0. The molecule has 1 aliphatic carbocycles. The smallest absolute Gasteiger partial charge is 0.343 e. The number of nitrogens with zero attached hydrogens (tertiary/aromatic N) is 2. The van der Waals surface area contributed by atoms with Crippen LogP contribution in [0, 0.1) is 11.8 Å². The zero-order chi connectivity index (χ0) is 20.0. The fraction of sp³-hybridized carbons (Fsp3) is 0.667. The van der Waals surface area contributed by atoms with Crippen LogP contribution in [-0.2, 0) is 11.3 Å². The number of piperidine rings is 1. The Morgan fingerprint density at radius 2 is 2.00 bits per heavy atom. The molecule has 2 aliphatic heterocycles. The first-order valence-electron chi connectivity index (χ1n) is 10.4. The van der Waals surface area contributed by atoms with Gasteiger partial charge in [-0.1, -0.05) is 20.3 Å². The normalized spacial score (nSPS) is 27.5. The summed E-state index contributed by atoms with van der Waals surface area (Å²) in [5, 5.41) is 0.